The summed E-state index contributed by atoms with van der Waals surface area (Å²) < 4.78 is 14.2. The Hall–Kier alpha value is -2.32. The number of benzene rings is 1. The van der Waals surface area contributed by atoms with E-state index in [1.165, 1.54) is 4.57 Å². The number of ether oxygens (including phenoxy) is 1. The number of hydrogen-bond donors (Lipinski definition) is 0. The number of carbonyl (C=O) groups is 1. The van der Waals surface area contributed by atoms with Gasteiger partial charge in [0.2, 0.25) is 0 Å². The SMILES string of the molecule is Cn1c(=O)oc2ccc(-c3nc(C=O)cn3COCCS(C)(C)C)cc21. The highest BCUT2D eigenvalue weighted by Gasteiger charge is 2.14. The van der Waals surface area contributed by atoms with Crippen molar-refractivity contribution in [3.8, 4) is 11.4 Å². The van der Waals surface area contributed by atoms with Crippen molar-refractivity contribution >= 4 is 27.4 Å². The van der Waals surface area contributed by atoms with E-state index in [9.17, 15) is 9.59 Å². The van der Waals surface area contributed by atoms with Gasteiger partial charge in [0.1, 0.15) is 18.2 Å². The first-order valence-corrected chi connectivity index (χ1v) is 11.2. The van der Waals surface area contributed by atoms with Gasteiger partial charge < -0.3 is 13.7 Å². The van der Waals surface area contributed by atoms with Gasteiger partial charge in [0.25, 0.3) is 0 Å². The summed E-state index contributed by atoms with van der Waals surface area (Å²) in [6, 6.07) is 5.38. The van der Waals surface area contributed by atoms with E-state index in [-0.39, 0.29) is 0 Å². The molecule has 3 aromatic rings. The van der Waals surface area contributed by atoms with Crippen LogP contribution in [0.15, 0.2) is 33.6 Å². The van der Waals surface area contributed by atoms with Gasteiger partial charge in [-0.1, -0.05) is 0 Å². The van der Waals surface area contributed by atoms with E-state index in [1.54, 1.807) is 23.9 Å². The highest BCUT2D eigenvalue weighted by molar-refractivity contribution is 8.32. The number of carbonyl (C=O) groups excluding carboxylic acids is 1. The number of oxazole rings is 1. The van der Waals surface area contributed by atoms with Gasteiger partial charge >= 0.3 is 5.76 Å². The molecule has 2 aromatic heterocycles. The van der Waals surface area contributed by atoms with Gasteiger partial charge in [-0.3, -0.25) is 9.36 Å². The number of hydrogen-bond acceptors (Lipinski definition) is 5. The molecule has 0 radical (unpaired) electrons. The summed E-state index contributed by atoms with van der Waals surface area (Å²) in [7, 11) is 1.04. The first-order chi connectivity index (χ1) is 12.3. The van der Waals surface area contributed by atoms with Gasteiger partial charge in [-0.25, -0.2) is 19.8 Å². The molecule has 0 atom stereocenters. The van der Waals surface area contributed by atoms with Crippen LogP contribution in [0.2, 0.25) is 0 Å². The normalized spacial score (nSPS) is 12.6. The molecule has 0 bridgehead atoms. The minimum atomic E-state index is -0.616. The molecule has 0 saturated heterocycles. The molecule has 0 spiro atoms. The summed E-state index contributed by atoms with van der Waals surface area (Å²) in [4.78, 5) is 27.2. The Morgan fingerprint density at radius 1 is 1.31 bits per heavy atom. The Kier molecular flexibility index (Phi) is 5.06. The maximum atomic E-state index is 11.7. The fourth-order valence-corrected chi connectivity index (χ4v) is 3.18. The monoisotopic (exact) mass is 377 g/mol. The Balaban J connectivity index is 1.89. The molecule has 0 amide bonds. The topological polar surface area (TPSA) is 79.3 Å². The average Bonchev–Trinajstić information content (AvgIpc) is 3.12. The number of rotatable bonds is 7. The molecule has 0 aliphatic carbocycles. The van der Waals surface area contributed by atoms with Crippen LogP contribution in [0.25, 0.3) is 22.5 Å². The van der Waals surface area contributed by atoms with Crippen molar-refractivity contribution in [1.82, 2.24) is 14.1 Å². The molecule has 140 valence electrons. The van der Waals surface area contributed by atoms with Gasteiger partial charge in [-0.05, 0) is 37.0 Å². The predicted molar refractivity (Wildman–Crippen MR) is 104 cm³/mol. The average molecular weight is 377 g/mol. The van der Waals surface area contributed by atoms with Crippen molar-refractivity contribution in [2.75, 3.05) is 31.1 Å². The summed E-state index contributed by atoms with van der Waals surface area (Å²) in [6.07, 6.45) is 9.12. The van der Waals surface area contributed by atoms with Crippen molar-refractivity contribution in [3.63, 3.8) is 0 Å². The zero-order chi connectivity index (χ0) is 18.9. The Labute approximate surface area is 152 Å². The molecule has 0 aliphatic heterocycles. The van der Waals surface area contributed by atoms with Crippen molar-refractivity contribution < 1.29 is 13.9 Å². The maximum absolute atomic E-state index is 11.7. The van der Waals surface area contributed by atoms with Crippen LogP contribution in [0.3, 0.4) is 0 Å². The molecular formula is C18H23N3O4S. The van der Waals surface area contributed by atoms with Gasteiger partial charge in [0.05, 0.1) is 12.1 Å². The van der Waals surface area contributed by atoms with Crippen LogP contribution in [0.4, 0.5) is 0 Å². The summed E-state index contributed by atoms with van der Waals surface area (Å²) in [5.74, 6) is 1.22. The zero-order valence-corrected chi connectivity index (χ0v) is 16.2. The maximum Gasteiger partial charge on any atom is 0.419 e. The first-order valence-electron chi connectivity index (χ1n) is 8.14. The van der Waals surface area contributed by atoms with Gasteiger partial charge in [-0.15, -0.1) is 0 Å². The number of aldehydes is 1. The van der Waals surface area contributed by atoms with Crippen LogP contribution in [-0.4, -0.2) is 51.5 Å². The lowest BCUT2D eigenvalue weighted by molar-refractivity contribution is 0.0906. The standard InChI is InChI=1S/C18H23N3O4S/c1-20-15-9-13(5-6-16(15)25-18(20)23)17-19-14(11-22)10-21(17)12-24-7-8-26(2,3)4/h5-6,9-11H,7-8,12H2,1-4H3. The van der Waals surface area contributed by atoms with E-state index in [0.29, 0.717) is 42.2 Å². The van der Waals surface area contributed by atoms with E-state index < -0.39 is 15.8 Å². The van der Waals surface area contributed by atoms with Crippen LogP contribution in [0, 0.1) is 0 Å². The molecule has 3 rings (SSSR count). The Bertz CT molecular complexity index is 994. The quantitative estimate of drug-likeness (QED) is 0.467. The molecule has 0 N–H and O–H groups in total. The minimum Gasteiger partial charge on any atom is -0.408 e. The minimum absolute atomic E-state index is 0.314. The lowest BCUT2D eigenvalue weighted by Crippen LogP contribution is -2.10. The number of imidazole rings is 1. The first kappa shape index (κ1) is 18.5. The van der Waals surface area contributed by atoms with Crippen LogP contribution in [0.1, 0.15) is 10.5 Å². The van der Waals surface area contributed by atoms with E-state index >= 15 is 0 Å². The Morgan fingerprint density at radius 2 is 2.08 bits per heavy atom. The summed E-state index contributed by atoms with van der Waals surface area (Å²) >= 11 is 0. The van der Waals surface area contributed by atoms with Crippen molar-refractivity contribution in [2.24, 2.45) is 7.05 Å². The lowest BCUT2D eigenvalue weighted by atomic mass is 10.2. The third kappa shape index (κ3) is 3.91. The van der Waals surface area contributed by atoms with Crippen molar-refractivity contribution in [1.29, 1.82) is 0 Å². The summed E-state index contributed by atoms with van der Waals surface area (Å²) in [6.45, 7) is 0.968. The highest BCUT2D eigenvalue weighted by atomic mass is 32.3. The van der Waals surface area contributed by atoms with E-state index in [0.717, 1.165) is 11.3 Å². The summed E-state index contributed by atoms with van der Waals surface area (Å²) in [5.41, 5.74) is 2.31. The smallest absolute Gasteiger partial charge is 0.408 e. The molecule has 0 unspecified atom stereocenters. The molecule has 1 aromatic carbocycles. The number of aryl methyl sites for hydroxylation is 1. The second kappa shape index (κ2) is 7.13. The van der Waals surface area contributed by atoms with Gasteiger partial charge in [0, 0.05) is 24.6 Å². The summed E-state index contributed by atoms with van der Waals surface area (Å²) in [5, 5.41) is 0. The molecule has 8 heteroatoms. The Morgan fingerprint density at radius 3 is 2.77 bits per heavy atom. The number of nitrogens with zero attached hydrogens (tertiary/aromatic N) is 3. The second-order valence-electron chi connectivity index (χ2n) is 7.02. The predicted octanol–water partition coefficient (Wildman–Crippen LogP) is 2.48. The van der Waals surface area contributed by atoms with E-state index in [4.69, 9.17) is 9.15 Å². The van der Waals surface area contributed by atoms with Crippen LogP contribution >= 0.6 is 10.0 Å². The van der Waals surface area contributed by atoms with Crippen LogP contribution < -0.4 is 5.76 Å². The van der Waals surface area contributed by atoms with E-state index in [2.05, 4.69) is 23.8 Å². The molecule has 0 fully saturated rings. The number of aromatic nitrogens is 3. The third-order valence-electron chi connectivity index (χ3n) is 4.04. The zero-order valence-electron chi connectivity index (χ0n) is 15.4. The van der Waals surface area contributed by atoms with Gasteiger partial charge in [-0.2, -0.15) is 0 Å². The second-order valence-corrected chi connectivity index (χ2v) is 11.6. The highest BCUT2D eigenvalue weighted by Crippen LogP contribution is 2.33. The molecule has 0 aliphatic rings. The third-order valence-corrected chi connectivity index (χ3v) is 5.43. The largest absolute Gasteiger partial charge is 0.419 e. The molecule has 0 saturated carbocycles. The lowest BCUT2D eigenvalue weighted by Gasteiger charge is -2.24. The molecule has 2 heterocycles. The van der Waals surface area contributed by atoms with Crippen LogP contribution in [0.5, 0.6) is 0 Å². The van der Waals surface area contributed by atoms with Gasteiger partial charge in [0.15, 0.2) is 11.9 Å². The molecular weight excluding hydrogens is 354 g/mol. The molecule has 7 nitrogen and oxygen atoms in total. The fraction of sp³-hybridized carbons (Fsp3) is 0.389. The molecule has 26 heavy (non-hydrogen) atoms. The van der Waals surface area contributed by atoms with Crippen molar-refractivity contribution in [3.05, 3.63) is 40.6 Å². The van der Waals surface area contributed by atoms with E-state index in [1.807, 2.05) is 12.1 Å². The fourth-order valence-electron chi connectivity index (χ4n) is 2.56. The number of fused-ring (bicyclic) bond motifs is 1. The van der Waals surface area contributed by atoms with Crippen molar-refractivity contribution in [2.45, 2.75) is 6.73 Å². The van der Waals surface area contributed by atoms with Crippen LogP contribution in [-0.2, 0) is 18.5 Å².